The van der Waals surface area contributed by atoms with Crippen molar-refractivity contribution in [3.05, 3.63) is 59.7 Å². The number of anilines is 1. The monoisotopic (exact) mass is 283 g/mol. The number of rotatable bonds is 7. The molecule has 0 spiro atoms. The van der Waals surface area contributed by atoms with Gasteiger partial charge in [-0.25, -0.2) is 0 Å². The van der Waals surface area contributed by atoms with Gasteiger partial charge in [0.05, 0.1) is 6.61 Å². The summed E-state index contributed by atoms with van der Waals surface area (Å²) < 4.78 is 5.88. The van der Waals surface area contributed by atoms with Crippen LogP contribution < -0.4 is 10.1 Å². The lowest BCUT2D eigenvalue weighted by atomic mass is 10.1. The molecule has 0 heterocycles. The molecule has 0 amide bonds. The van der Waals surface area contributed by atoms with Gasteiger partial charge in [-0.05, 0) is 36.1 Å². The maximum atomic E-state index is 5.88. The largest absolute Gasteiger partial charge is 0.493 e. The summed E-state index contributed by atoms with van der Waals surface area (Å²) in [6, 6.07) is 16.8. The molecule has 2 rings (SSSR count). The van der Waals surface area contributed by atoms with Crippen LogP contribution in [0.1, 0.15) is 31.9 Å². The highest BCUT2D eigenvalue weighted by Crippen LogP contribution is 2.20. The van der Waals surface area contributed by atoms with Gasteiger partial charge in [0.2, 0.25) is 0 Å². The molecule has 0 aliphatic rings. The minimum atomic E-state index is 0.535. The third kappa shape index (κ3) is 4.82. The number of ether oxygens (including phenoxy) is 1. The predicted octanol–water partition coefficient (Wildman–Crippen LogP) is 4.90. The molecule has 2 nitrogen and oxygen atoms in total. The fourth-order valence-corrected chi connectivity index (χ4v) is 2.10. The van der Waals surface area contributed by atoms with E-state index in [1.807, 2.05) is 12.1 Å². The van der Waals surface area contributed by atoms with Crippen molar-refractivity contribution >= 4 is 5.69 Å². The van der Waals surface area contributed by atoms with E-state index in [9.17, 15) is 0 Å². The molecule has 0 aromatic heterocycles. The highest BCUT2D eigenvalue weighted by molar-refractivity contribution is 5.46. The molecular formula is C19H25NO. The lowest BCUT2D eigenvalue weighted by molar-refractivity contribution is 0.269. The van der Waals surface area contributed by atoms with E-state index in [1.54, 1.807) is 0 Å². The zero-order chi connectivity index (χ0) is 15.1. The summed E-state index contributed by atoms with van der Waals surface area (Å²) in [7, 11) is 0. The average Bonchev–Trinajstić information content (AvgIpc) is 2.52. The second-order valence-electron chi connectivity index (χ2n) is 5.72. The van der Waals surface area contributed by atoms with Crippen molar-refractivity contribution in [3.63, 3.8) is 0 Å². The van der Waals surface area contributed by atoms with Crippen molar-refractivity contribution in [1.82, 2.24) is 0 Å². The maximum Gasteiger partial charge on any atom is 0.124 e. The summed E-state index contributed by atoms with van der Waals surface area (Å²) in [6.07, 6.45) is 1.08. The summed E-state index contributed by atoms with van der Waals surface area (Å²) in [5.41, 5.74) is 3.70. The van der Waals surface area contributed by atoms with Gasteiger partial charge in [0.25, 0.3) is 0 Å². The van der Waals surface area contributed by atoms with E-state index in [2.05, 4.69) is 62.5 Å². The third-order valence-electron chi connectivity index (χ3n) is 3.39. The minimum Gasteiger partial charge on any atom is -0.493 e. The fourth-order valence-electron chi connectivity index (χ4n) is 2.10. The number of hydrogen-bond donors (Lipinski definition) is 1. The highest BCUT2D eigenvalue weighted by atomic mass is 16.5. The van der Waals surface area contributed by atoms with E-state index < -0.39 is 0 Å². The molecule has 0 fully saturated rings. The van der Waals surface area contributed by atoms with Crippen LogP contribution in [0.15, 0.2) is 48.5 Å². The lowest BCUT2D eigenvalue weighted by Crippen LogP contribution is -2.08. The van der Waals surface area contributed by atoms with E-state index in [4.69, 9.17) is 4.74 Å². The molecule has 0 unspecified atom stereocenters. The molecule has 0 bridgehead atoms. The van der Waals surface area contributed by atoms with Crippen molar-refractivity contribution in [2.45, 2.75) is 33.7 Å². The molecule has 2 heteroatoms. The average molecular weight is 283 g/mol. The Labute approximate surface area is 128 Å². The molecule has 2 aromatic rings. The SMILES string of the molecule is CCc1ccc(NCc2ccccc2OCC(C)C)cc1. The van der Waals surface area contributed by atoms with Crippen LogP contribution >= 0.6 is 0 Å². The Morgan fingerprint density at radius 2 is 1.71 bits per heavy atom. The highest BCUT2D eigenvalue weighted by Gasteiger charge is 2.04. The van der Waals surface area contributed by atoms with Gasteiger partial charge < -0.3 is 10.1 Å². The minimum absolute atomic E-state index is 0.535. The Kier molecular flexibility index (Phi) is 5.68. The molecule has 0 saturated carbocycles. The summed E-state index contributed by atoms with van der Waals surface area (Å²) in [5, 5.41) is 3.46. The van der Waals surface area contributed by atoms with Crippen LogP contribution in [0.5, 0.6) is 5.75 Å². The van der Waals surface area contributed by atoms with Gasteiger partial charge in [-0.2, -0.15) is 0 Å². The second-order valence-corrected chi connectivity index (χ2v) is 5.72. The molecule has 0 atom stereocenters. The quantitative estimate of drug-likeness (QED) is 0.780. The zero-order valence-electron chi connectivity index (χ0n) is 13.2. The van der Waals surface area contributed by atoms with Crippen LogP contribution in [0, 0.1) is 5.92 Å². The number of nitrogens with one attached hydrogen (secondary N) is 1. The summed E-state index contributed by atoms with van der Waals surface area (Å²) in [5.74, 6) is 1.51. The smallest absolute Gasteiger partial charge is 0.124 e. The van der Waals surface area contributed by atoms with Crippen LogP contribution in [0.25, 0.3) is 0 Å². The van der Waals surface area contributed by atoms with Crippen molar-refractivity contribution in [1.29, 1.82) is 0 Å². The van der Waals surface area contributed by atoms with Crippen LogP contribution in [0.2, 0.25) is 0 Å². The Bertz CT molecular complexity index is 546. The summed E-state index contributed by atoms with van der Waals surface area (Å²) >= 11 is 0. The van der Waals surface area contributed by atoms with Gasteiger partial charge in [-0.3, -0.25) is 0 Å². The number of benzene rings is 2. The van der Waals surface area contributed by atoms with Gasteiger partial charge in [-0.15, -0.1) is 0 Å². The van der Waals surface area contributed by atoms with Crippen LogP contribution in [-0.4, -0.2) is 6.61 Å². The van der Waals surface area contributed by atoms with E-state index in [0.717, 1.165) is 31.0 Å². The molecule has 21 heavy (non-hydrogen) atoms. The van der Waals surface area contributed by atoms with Crippen LogP contribution in [0.3, 0.4) is 0 Å². The van der Waals surface area contributed by atoms with Gasteiger partial charge >= 0.3 is 0 Å². The molecule has 0 aliphatic heterocycles. The molecule has 0 aliphatic carbocycles. The van der Waals surface area contributed by atoms with E-state index in [-0.39, 0.29) is 0 Å². The van der Waals surface area contributed by atoms with Crippen molar-refractivity contribution in [2.75, 3.05) is 11.9 Å². The standard InChI is InChI=1S/C19H25NO/c1-4-16-9-11-18(12-10-16)20-13-17-7-5-6-8-19(17)21-14-15(2)3/h5-12,15,20H,4,13-14H2,1-3H3. The van der Waals surface area contributed by atoms with E-state index in [0.29, 0.717) is 5.92 Å². The first-order chi connectivity index (χ1) is 10.2. The lowest BCUT2D eigenvalue weighted by Gasteiger charge is -2.14. The van der Waals surface area contributed by atoms with Crippen LogP contribution in [0.4, 0.5) is 5.69 Å². The van der Waals surface area contributed by atoms with Gasteiger partial charge in [0, 0.05) is 17.8 Å². The van der Waals surface area contributed by atoms with Gasteiger partial charge in [-0.1, -0.05) is 51.1 Å². The number of para-hydroxylation sites is 1. The van der Waals surface area contributed by atoms with Crippen LogP contribution in [-0.2, 0) is 13.0 Å². The van der Waals surface area contributed by atoms with Gasteiger partial charge in [0.15, 0.2) is 0 Å². The Morgan fingerprint density at radius 3 is 2.38 bits per heavy atom. The summed E-state index contributed by atoms with van der Waals surface area (Å²) in [6.45, 7) is 8.03. The molecular weight excluding hydrogens is 258 g/mol. The Hall–Kier alpha value is -1.96. The topological polar surface area (TPSA) is 21.3 Å². The third-order valence-corrected chi connectivity index (χ3v) is 3.39. The first-order valence-electron chi connectivity index (χ1n) is 7.72. The zero-order valence-corrected chi connectivity index (χ0v) is 13.2. The first kappa shape index (κ1) is 15.4. The maximum absolute atomic E-state index is 5.88. The molecule has 2 aromatic carbocycles. The Balaban J connectivity index is 1.98. The van der Waals surface area contributed by atoms with E-state index in [1.165, 1.54) is 11.1 Å². The number of aryl methyl sites for hydroxylation is 1. The van der Waals surface area contributed by atoms with Crippen molar-refractivity contribution in [3.8, 4) is 5.75 Å². The molecule has 0 radical (unpaired) electrons. The van der Waals surface area contributed by atoms with Crippen molar-refractivity contribution in [2.24, 2.45) is 5.92 Å². The second kappa shape index (κ2) is 7.72. The molecule has 1 N–H and O–H groups in total. The predicted molar refractivity (Wildman–Crippen MR) is 89.9 cm³/mol. The number of hydrogen-bond acceptors (Lipinski definition) is 2. The van der Waals surface area contributed by atoms with Crippen molar-refractivity contribution < 1.29 is 4.74 Å². The normalized spacial score (nSPS) is 10.7. The fraction of sp³-hybridized carbons (Fsp3) is 0.368. The first-order valence-corrected chi connectivity index (χ1v) is 7.72. The van der Waals surface area contributed by atoms with E-state index >= 15 is 0 Å². The molecule has 0 saturated heterocycles. The molecule has 112 valence electrons. The Morgan fingerprint density at radius 1 is 1.00 bits per heavy atom. The summed E-state index contributed by atoms with van der Waals surface area (Å²) in [4.78, 5) is 0. The van der Waals surface area contributed by atoms with Gasteiger partial charge in [0.1, 0.15) is 5.75 Å².